The van der Waals surface area contributed by atoms with Crippen molar-refractivity contribution in [1.82, 2.24) is 15.0 Å². The van der Waals surface area contributed by atoms with Gasteiger partial charge in [-0.3, -0.25) is 4.98 Å². The van der Waals surface area contributed by atoms with Gasteiger partial charge in [-0.1, -0.05) is 30.3 Å². The molecule has 156 valence electrons. The van der Waals surface area contributed by atoms with Crippen LogP contribution in [0.4, 0.5) is 24.9 Å². The molecule has 1 aliphatic heterocycles. The molecule has 0 aliphatic carbocycles. The van der Waals surface area contributed by atoms with Gasteiger partial charge in [-0.15, -0.1) is 0 Å². The van der Waals surface area contributed by atoms with Crippen LogP contribution in [0.3, 0.4) is 0 Å². The van der Waals surface area contributed by atoms with E-state index in [4.69, 9.17) is 4.74 Å². The second kappa shape index (κ2) is 8.66. The zero-order chi connectivity index (χ0) is 21.0. The van der Waals surface area contributed by atoms with Crippen LogP contribution >= 0.6 is 0 Å². The minimum absolute atomic E-state index is 0.117. The lowest BCUT2D eigenvalue weighted by Gasteiger charge is -2.29. The third kappa shape index (κ3) is 4.68. The molecule has 3 aromatic rings. The van der Waals surface area contributed by atoms with Crippen LogP contribution in [-0.2, 0) is 17.5 Å². The van der Waals surface area contributed by atoms with Crippen LogP contribution in [0, 0.1) is 0 Å². The fourth-order valence-electron chi connectivity index (χ4n) is 3.18. The standard InChI is InChI=1S/C21H20F3N5O/c22-21(23,24)17-14-27-20(28-19(17)29-9-11-30-12-10-29)26-13-15-4-6-16(7-5-15)18-3-1-2-8-25-18/h1-8,14H,9-13H2,(H,26,27,28). The summed E-state index contributed by atoms with van der Waals surface area (Å²) in [7, 11) is 0. The molecule has 1 aromatic carbocycles. The maximum Gasteiger partial charge on any atom is 0.421 e. The van der Waals surface area contributed by atoms with Crippen LogP contribution in [-0.4, -0.2) is 41.3 Å². The number of ether oxygens (including phenoxy) is 1. The van der Waals surface area contributed by atoms with Gasteiger partial charge in [0.25, 0.3) is 0 Å². The molecule has 3 heterocycles. The highest BCUT2D eigenvalue weighted by Gasteiger charge is 2.37. The molecule has 0 amide bonds. The van der Waals surface area contributed by atoms with Gasteiger partial charge in [0, 0.05) is 37.6 Å². The van der Waals surface area contributed by atoms with E-state index in [1.807, 2.05) is 42.5 Å². The van der Waals surface area contributed by atoms with Crippen LogP contribution in [0.25, 0.3) is 11.3 Å². The van der Waals surface area contributed by atoms with Gasteiger partial charge >= 0.3 is 6.18 Å². The number of rotatable bonds is 5. The molecular formula is C21H20F3N5O. The zero-order valence-corrected chi connectivity index (χ0v) is 16.1. The van der Waals surface area contributed by atoms with Crippen LogP contribution in [0.2, 0.25) is 0 Å². The molecule has 0 bridgehead atoms. The van der Waals surface area contributed by atoms with Gasteiger partial charge in [-0.2, -0.15) is 18.2 Å². The summed E-state index contributed by atoms with van der Waals surface area (Å²) in [4.78, 5) is 13.9. The Hall–Kier alpha value is -3.20. The Bertz CT molecular complexity index is 974. The number of nitrogens with one attached hydrogen (secondary N) is 1. The van der Waals surface area contributed by atoms with Gasteiger partial charge < -0.3 is 15.0 Å². The van der Waals surface area contributed by atoms with Gasteiger partial charge in [0.2, 0.25) is 5.95 Å². The Labute approximate surface area is 171 Å². The first kappa shape index (κ1) is 20.1. The van der Waals surface area contributed by atoms with Crippen molar-refractivity contribution < 1.29 is 17.9 Å². The quantitative estimate of drug-likeness (QED) is 0.680. The van der Waals surface area contributed by atoms with E-state index in [2.05, 4.69) is 20.3 Å². The van der Waals surface area contributed by atoms with Crippen LogP contribution in [0.5, 0.6) is 0 Å². The van der Waals surface area contributed by atoms with Crippen LogP contribution in [0.15, 0.2) is 54.9 Å². The number of hydrogen-bond donors (Lipinski definition) is 1. The Morgan fingerprint density at radius 2 is 1.77 bits per heavy atom. The van der Waals surface area contributed by atoms with E-state index in [-0.39, 0.29) is 11.8 Å². The Morgan fingerprint density at radius 3 is 2.43 bits per heavy atom. The molecule has 1 aliphatic rings. The third-order valence-electron chi connectivity index (χ3n) is 4.75. The number of nitrogens with zero attached hydrogens (tertiary/aromatic N) is 4. The van der Waals surface area contributed by atoms with Crippen molar-refractivity contribution in [2.24, 2.45) is 0 Å². The fourth-order valence-corrected chi connectivity index (χ4v) is 3.18. The second-order valence-electron chi connectivity index (χ2n) is 6.79. The summed E-state index contributed by atoms with van der Waals surface area (Å²) in [6, 6.07) is 13.5. The zero-order valence-electron chi connectivity index (χ0n) is 16.1. The molecule has 1 fully saturated rings. The van der Waals surface area contributed by atoms with E-state index in [9.17, 15) is 13.2 Å². The van der Waals surface area contributed by atoms with Gasteiger partial charge in [0.1, 0.15) is 11.4 Å². The average molecular weight is 415 g/mol. The molecule has 0 unspecified atom stereocenters. The highest BCUT2D eigenvalue weighted by Crippen LogP contribution is 2.35. The van der Waals surface area contributed by atoms with E-state index in [1.54, 1.807) is 11.1 Å². The molecule has 30 heavy (non-hydrogen) atoms. The van der Waals surface area contributed by atoms with Gasteiger partial charge in [-0.05, 0) is 17.7 Å². The van der Waals surface area contributed by atoms with Crippen molar-refractivity contribution in [2.45, 2.75) is 12.7 Å². The number of morpholine rings is 1. The smallest absolute Gasteiger partial charge is 0.378 e. The van der Waals surface area contributed by atoms with Crippen molar-refractivity contribution in [3.05, 3.63) is 66.0 Å². The maximum atomic E-state index is 13.4. The van der Waals surface area contributed by atoms with E-state index in [0.717, 1.165) is 23.0 Å². The monoisotopic (exact) mass is 415 g/mol. The van der Waals surface area contributed by atoms with E-state index < -0.39 is 11.7 Å². The molecule has 0 spiro atoms. The molecule has 6 nitrogen and oxygen atoms in total. The number of anilines is 2. The molecule has 1 saturated heterocycles. The number of hydrogen-bond acceptors (Lipinski definition) is 6. The van der Waals surface area contributed by atoms with Crippen molar-refractivity contribution in [2.75, 3.05) is 36.5 Å². The van der Waals surface area contributed by atoms with Crippen LogP contribution < -0.4 is 10.2 Å². The summed E-state index contributed by atoms with van der Waals surface area (Å²) >= 11 is 0. The molecule has 2 aromatic heterocycles. The summed E-state index contributed by atoms with van der Waals surface area (Å²) in [6.07, 6.45) is -1.95. The first-order valence-electron chi connectivity index (χ1n) is 9.52. The van der Waals surface area contributed by atoms with Crippen molar-refractivity contribution in [1.29, 1.82) is 0 Å². The predicted molar refractivity (Wildman–Crippen MR) is 107 cm³/mol. The summed E-state index contributed by atoms with van der Waals surface area (Å²) < 4.78 is 45.4. The first-order chi connectivity index (χ1) is 14.5. The summed E-state index contributed by atoms with van der Waals surface area (Å²) in [6.45, 7) is 1.83. The van der Waals surface area contributed by atoms with Gasteiger partial charge in [-0.25, -0.2) is 4.98 Å². The maximum absolute atomic E-state index is 13.4. The number of alkyl halides is 3. The summed E-state index contributed by atoms with van der Waals surface area (Å²) in [5.74, 6) is 0.0343. The summed E-state index contributed by atoms with van der Waals surface area (Å²) in [5.41, 5.74) is 1.97. The Morgan fingerprint density at radius 1 is 1.00 bits per heavy atom. The number of pyridine rings is 1. The molecular weight excluding hydrogens is 395 g/mol. The lowest BCUT2D eigenvalue weighted by Crippen LogP contribution is -2.38. The van der Waals surface area contributed by atoms with Gasteiger partial charge in [0.15, 0.2) is 0 Å². The van der Waals surface area contributed by atoms with E-state index >= 15 is 0 Å². The van der Waals surface area contributed by atoms with Crippen LogP contribution in [0.1, 0.15) is 11.1 Å². The van der Waals surface area contributed by atoms with Crippen molar-refractivity contribution in [3.63, 3.8) is 0 Å². The van der Waals surface area contributed by atoms with Crippen molar-refractivity contribution >= 4 is 11.8 Å². The molecule has 0 radical (unpaired) electrons. The minimum atomic E-state index is -4.52. The fraction of sp³-hybridized carbons (Fsp3) is 0.286. The lowest BCUT2D eigenvalue weighted by atomic mass is 10.1. The highest BCUT2D eigenvalue weighted by atomic mass is 19.4. The van der Waals surface area contributed by atoms with E-state index in [1.165, 1.54) is 0 Å². The second-order valence-corrected chi connectivity index (χ2v) is 6.79. The highest BCUT2D eigenvalue weighted by molar-refractivity contribution is 5.59. The molecule has 4 rings (SSSR count). The third-order valence-corrected chi connectivity index (χ3v) is 4.75. The molecule has 1 N–H and O–H groups in total. The van der Waals surface area contributed by atoms with Crippen molar-refractivity contribution in [3.8, 4) is 11.3 Å². The molecule has 9 heteroatoms. The Kier molecular flexibility index (Phi) is 5.80. The topological polar surface area (TPSA) is 63.2 Å². The average Bonchev–Trinajstić information content (AvgIpc) is 2.78. The first-order valence-corrected chi connectivity index (χ1v) is 9.52. The normalized spacial score (nSPS) is 14.6. The summed E-state index contributed by atoms with van der Waals surface area (Å²) in [5, 5.41) is 3.02. The minimum Gasteiger partial charge on any atom is -0.378 e. The number of halogens is 3. The largest absolute Gasteiger partial charge is 0.421 e. The molecule has 0 atom stereocenters. The molecule has 0 saturated carbocycles. The van der Waals surface area contributed by atoms with E-state index in [0.29, 0.717) is 32.8 Å². The number of benzene rings is 1. The van der Waals surface area contributed by atoms with Gasteiger partial charge in [0.05, 0.1) is 18.9 Å². The predicted octanol–water partition coefficient (Wildman–Crippen LogP) is 4.01. The Balaban J connectivity index is 1.49. The lowest BCUT2D eigenvalue weighted by molar-refractivity contribution is -0.137. The SMILES string of the molecule is FC(F)(F)c1cnc(NCc2ccc(-c3ccccn3)cc2)nc1N1CCOCC1. The number of aromatic nitrogens is 3.